The highest BCUT2D eigenvalue weighted by molar-refractivity contribution is 14.1. The van der Waals surface area contributed by atoms with Gasteiger partial charge < -0.3 is 14.6 Å². The molecule has 0 aliphatic heterocycles. The van der Waals surface area contributed by atoms with Gasteiger partial charge in [-0.2, -0.15) is 0 Å². The second-order valence-electron chi connectivity index (χ2n) is 4.50. The van der Waals surface area contributed by atoms with Crippen LogP contribution in [0.2, 0.25) is 0 Å². The van der Waals surface area contributed by atoms with Gasteiger partial charge in [-0.25, -0.2) is 4.79 Å². The maximum absolute atomic E-state index is 11.4. The summed E-state index contributed by atoms with van der Waals surface area (Å²) < 4.78 is 10.5. The summed E-state index contributed by atoms with van der Waals surface area (Å²) in [7, 11) is 2.88. The fourth-order valence-electron chi connectivity index (χ4n) is 1.89. The Balaban J connectivity index is 2.21. The van der Waals surface area contributed by atoms with Crippen LogP contribution in [0.3, 0.4) is 0 Å². The molecule has 0 saturated heterocycles. The molecule has 0 unspecified atom stereocenters. The monoisotopic (exact) mass is 410 g/mol. The SMILES string of the molecule is COC(=O)c1ccc(C=Cc2cc(I)c(O)c(OC)c2)cc1. The summed E-state index contributed by atoms with van der Waals surface area (Å²) in [6, 6.07) is 10.7. The molecule has 0 spiro atoms. The van der Waals surface area contributed by atoms with Crippen LogP contribution in [0.5, 0.6) is 11.5 Å². The first-order valence-corrected chi connectivity index (χ1v) is 7.56. The molecule has 0 aromatic heterocycles. The van der Waals surface area contributed by atoms with Crippen molar-refractivity contribution in [1.29, 1.82) is 0 Å². The van der Waals surface area contributed by atoms with E-state index in [0.29, 0.717) is 11.3 Å². The van der Waals surface area contributed by atoms with E-state index in [1.807, 2.05) is 30.4 Å². The molecule has 0 aliphatic carbocycles. The van der Waals surface area contributed by atoms with E-state index in [9.17, 15) is 9.90 Å². The van der Waals surface area contributed by atoms with Gasteiger partial charge in [-0.05, 0) is 58.0 Å². The molecule has 2 aromatic rings. The van der Waals surface area contributed by atoms with Gasteiger partial charge in [0.1, 0.15) is 0 Å². The second-order valence-corrected chi connectivity index (χ2v) is 5.66. The fraction of sp³-hybridized carbons (Fsp3) is 0.118. The summed E-state index contributed by atoms with van der Waals surface area (Å²) in [5.41, 5.74) is 2.38. The Labute approximate surface area is 142 Å². The topological polar surface area (TPSA) is 55.8 Å². The number of carbonyl (C=O) groups is 1. The number of rotatable bonds is 4. The van der Waals surface area contributed by atoms with Crippen LogP contribution in [0.4, 0.5) is 0 Å². The van der Waals surface area contributed by atoms with E-state index in [1.165, 1.54) is 14.2 Å². The van der Waals surface area contributed by atoms with Crippen molar-refractivity contribution in [2.45, 2.75) is 0 Å². The van der Waals surface area contributed by atoms with Crippen molar-refractivity contribution in [2.75, 3.05) is 14.2 Å². The minimum Gasteiger partial charge on any atom is -0.504 e. The first-order chi connectivity index (χ1) is 10.5. The van der Waals surface area contributed by atoms with Crippen molar-refractivity contribution < 1.29 is 19.4 Å². The van der Waals surface area contributed by atoms with Crippen LogP contribution >= 0.6 is 22.6 Å². The molecule has 0 amide bonds. The van der Waals surface area contributed by atoms with Crippen LogP contribution in [0.1, 0.15) is 21.5 Å². The second kappa shape index (κ2) is 7.31. The van der Waals surface area contributed by atoms with Crippen molar-refractivity contribution in [3.8, 4) is 11.5 Å². The number of methoxy groups -OCH3 is 2. The first-order valence-electron chi connectivity index (χ1n) is 6.48. The zero-order chi connectivity index (χ0) is 16.1. The van der Waals surface area contributed by atoms with E-state index >= 15 is 0 Å². The third-order valence-corrected chi connectivity index (χ3v) is 3.89. The van der Waals surface area contributed by atoms with Crippen molar-refractivity contribution in [3.05, 3.63) is 56.7 Å². The smallest absolute Gasteiger partial charge is 0.337 e. The molecule has 2 rings (SSSR count). The molecular weight excluding hydrogens is 395 g/mol. The van der Waals surface area contributed by atoms with Crippen LogP contribution in [-0.2, 0) is 4.74 Å². The van der Waals surface area contributed by atoms with Gasteiger partial charge in [0.2, 0.25) is 0 Å². The quantitative estimate of drug-likeness (QED) is 0.471. The molecule has 0 saturated carbocycles. The van der Waals surface area contributed by atoms with Gasteiger partial charge in [0, 0.05) is 0 Å². The average Bonchev–Trinajstić information content (AvgIpc) is 2.55. The predicted molar refractivity (Wildman–Crippen MR) is 94.1 cm³/mol. The lowest BCUT2D eigenvalue weighted by Crippen LogP contribution is -2.00. The molecule has 5 heteroatoms. The molecule has 2 aromatic carbocycles. The van der Waals surface area contributed by atoms with Crippen LogP contribution in [-0.4, -0.2) is 25.3 Å². The average molecular weight is 410 g/mol. The number of phenolic OH excluding ortho intramolecular Hbond substituents is 1. The van der Waals surface area contributed by atoms with Crippen molar-refractivity contribution in [1.82, 2.24) is 0 Å². The fourth-order valence-corrected chi connectivity index (χ4v) is 2.51. The number of hydrogen-bond acceptors (Lipinski definition) is 4. The van der Waals surface area contributed by atoms with Crippen molar-refractivity contribution in [3.63, 3.8) is 0 Å². The van der Waals surface area contributed by atoms with Crippen LogP contribution < -0.4 is 4.74 Å². The lowest BCUT2D eigenvalue weighted by molar-refractivity contribution is 0.0600. The third-order valence-electron chi connectivity index (χ3n) is 3.07. The summed E-state index contributed by atoms with van der Waals surface area (Å²) in [5, 5.41) is 9.81. The summed E-state index contributed by atoms with van der Waals surface area (Å²) in [5.74, 6) is 0.226. The van der Waals surface area contributed by atoms with E-state index in [4.69, 9.17) is 4.74 Å². The molecule has 0 radical (unpaired) electrons. The van der Waals surface area contributed by atoms with Crippen LogP contribution in [0.25, 0.3) is 12.2 Å². The van der Waals surface area contributed by atoms with Crippen molar-refractivity contribution >= 4 is 40.7 Å². The zero-order valence-corrected chi connectivity index (χ0v) is 14.3. The molecule has 0 fully saturated rings. The number of carbonyl (C=O) groups excluding carboxylic acids is 1. The lowest BCUT2D eigenvalue weighted by Gasteiger charge is -2.06. The van der Waals surface area contributed by atoms with Gasteiger partial charge in [-0.3, -0.25) is 0 Å². The Hall–Kier alpha value is -2.02. The first kappa shape index (κ1) is 16.4. The van der Waals surface area contributed by atoms with Gasteiger partial charge in [0.25, 0.3) is 0 Å². The Kier molecular flexibility index (Phi) is 5.43. The van der Waals surface area contributed by atoms with E-state index in [-0.39, 0.29) is 11.7 Å². The molecule has 0 heterocycles. The maximum atomic E-state index is 11.4. The lowest BCUT2D eigenvalue weighted by atomic mass is 10.1. The minimum atomic E-state index is -0.353. The standard InChI is InChI=1S/C17H15IO4/c1-21-15-10-12(9-14(18)16(15)19)4-3-11-5-7-13(8-6-11)17(20)22-2/h3-10,19H,1-2H3. The molecule has 1 N–H and O–H groups in total. The van der Waals surface area contributed by atoms with Gasteiger partial charge in [0.05, 0.1) is 23.4 Å². The van der Waals surface area contributed by atoms with Gasteiger partial charge in [-0.15, -0.1) is 0 Å². The highest BCUT2D eigenvalue weighted by Gasteiger charge is 2.07. The number of aromatic hydroxyl groups is 1. The Bertz CT molecular complexity index is 705. The van der Waals surface area contributed by atoms with Gasteiger partial charge in [-0.1, -0.05) is 24.3 Å². The highest BCUT2D eigenvalue weighted by Crippen LogP contribution is 2.32. The normalized spacial score (nSPS) is 10.7. The third kappa shape index (κ3) is 3.79. The van der Waals surface area contributed by atoms with E-state index in [0.717, 1.165) is 14.7 Å². The number of ether oxygens (including phenoxy) is 2. The summed E-state index contributed by atoms with van der Waals surface area (Å²) in [4.78, 5) is 11.4. The molecular formula is C17H15IO4. The number of benzene rings is 2. The maximum Gasteiger partial charge on any atom is 0.337 e. The highest BCUT2D eigenvalue weighted by atomic mass is 127. The van der Waals surface area contributed by atoms with Crippen LogP contribution in [0.15, 0.2) is 36.4 Å². The van der Waals surface area contributed by atoms with Gasteiger partial charge >= 0.3 is 5.97 Å². The number of halogens is 1. The minimum absolute atomic E-state index is 0.141. The van der Waals surface area contributed by atoms with Gasteiger partial charge in [0.15, 0.2) is 11.5 Å². The molecule has 0 aliphatic rings. The van der Waals surface area contributed by atoms with Crippen LogP contribution in [0, 0.1) is 3.57 Å². The number of esters is 1. The molecule has 4 nitrogen and oxygen atoms in total. The van der Waals surface area contributed by atoms with Crippen molar-refractivity contribution in [2.24, 2.45) is 0 Å². The molecule has 0 bridgehead atoms. The Morgan fingerprint density at radius 2 is 1.73 bits per heavy atom. The van der Waals surface area contributed by atoms with E-state index in [2.05, 4.69) is 27.3 Å². The molecule has 22 heavy (non-hydrogen) atoms. The predicted octanol–water partition coefficient (Wildman–Crippen LogP) is 3.96. The molecule has 114 valence electrons. The Morgan fingerprint density at radius 1 is 1.09 bits per heavy atom. The van der Waals surface area contributed by atoms with E-state index in [1.54, 1.807) is 18.2 Å². The van der Waals surface area contributed by atoms with E-state index < -0.39 is 0 Å². The Morgan fingerprint density at radius 3 is 2.32 bits per heavy atom. The zero-order valence-electron chi connectivity index (χ0n) is 12.2. The molecule has 0 atom stereocenters. The summed E-state index contributed by atoms with van der Waals surface area (Å²) >= 11 is 2.05. The largest absolute Gasteiger partial charge is 0.504 e. The number of phenols is 1. The summed E-state index contributed by atoms with van der Waals surface area (Å²) in [6.07, 6.45) is 3.83. The number of hydrogen-bond donors (Lipinski definition) is 1. The summed E-state index contributed by atoms with van der Waals surface area (Å²) in [6.45, 7) is 0.